The molecule has 1 saturated heterocycles. The molecule has 0 atom stereocenters. The molecule has 2 aromatic carbocycles. The highest BCUT2D eigenvalue weighted by Gasteiger charge is 2.25. The van der Waals surface area contributed by atoms with Crippen molar-refractivity contribution in [2.24, 2.45) is 0 Å². The molecule has 6 nitrogen and oxygen atoms in total. The maximum Gasteiger partial charge on any atom is 0.150 e. The van der Waals surface area contributed by atoms with E-state index in [9.17, 15) is 5.11 Å². The molecular formula is C24H25ClN5O+. The molecule has 158 valence electrons. The highest BCUT2D eigenvalue weighted by atomic mass is 35.5. The van der Waals surface area contributed by atoms with E-state index in [-0.39, 0.29) is 6.61 Å². The minimum Gasteiger partial charge on any atom is -0.391 e. The summed E-state index contributed by atoms with van der Waals surface area (Å²) < 4.78 is 2.10. The maximum absolute atomic E-state index is 9.27. The van der Waals surface area contributed by atoms with E-state index in [0.29, 0.717) is 5.02 Å². The van der Waals surface area contributed by atoms with Crippen molar-refractivity contribution in [3.63, 3.8) is 0 Å². The van der Waals surface area contributed by atoms with Crippen molar-refractivity contribution >= 4 is 28.5 Å². The maximum atomic E-state index is 9.27. The van der Waals surface area contributed by atoms with E-state index in [1.54, 1.807) is 6.33 Å². The van der Waals surface area contributed by atoms with Crippen LogP contribution in [0.4, 0.5) is 5.82 Å². The lowest BCUT2D eigenvalue weighted by Gasteiger charge is -2.33. The second-order valence-corrected chi connectivity index (χ2v) is 8.30. The lowest BCUT2D eigenvalue weighted by Crippen LogP contribution is -3.15. The summed E-state index contributed by atoms with van der Waals surface area (Å²) in [5.41, 5.74) is 4.09. The van der Waals surface area contributed by atoms with Gasteiger partial charge in [-0.1, -0.05) is 48.0 Å². The molecule has 3 heterocycles. The quantitative estimate of drug-likeness (QED) is 0.506. The van der Waals surface area contributed by atoms with Gasteiger partial charge in [-0.2, -0.15) is 0 Å². The minimum absolute atomic E-state index is 0.230. The molecule has 1 fully saturated rings. The zero-order valence-electron chi connectivity index (χ0n) is 17.2. The molecule has 0 amide bonds. The Morgan fingerprint density at radius 3 is 2.55 bits per heavy atom. The Morgan fingerprint density at radius 2 is 1.81 bits per heavy atom. The number of quaternary nitrogens is 1. The Morgan fingerprint density at radius 1 is 1.00 bits per heavy atom. The molecule has 2 aromatic heterocycles. The van der Waals surface area contributed by atoms with Crippen molar-refractivity contribution in [1.82, 2.24) is 14.5 Å². The van der Waals surface area contributed by atoms with Crippen molar-refractivity contribution in [2.45, 2.75) is 0 Å². The van der Waals surface area contributed by atoms with E-state index in [0.717, 1.165) is 66.4 Å². The molecule has 0 unspecified atom stereocenters. The number of aliphatic hydroxyl groups is 1. The fourth-order valence-electron chi connectivity index (χ4n) is 4.39. The number of anilines is 1. The van der Waals surface area contributed by atoms with Gasteiger partial charge in [0.2, 0.25) is 0 Å². The fraction of sp³-hybridized carbons (Fsp3) is 0.250. The van der Waals surface area contributed by atoms with Crippen LogP contribution in [0.1, 0.15) is 0 Å². The molecule has 2 N–H and O–H groups in total. The molecule has 1 aliphatic rings. The summed E-state index contributed by atoms with van der Waals surface area (Å²) in [6, 6.07) is 18.2. The Balaban J connectivity index is 1.66. The molecule has 0 bridgehead atoms. The van der Waals surface area contributed by atoms with Crippen molar-refractivity contribution in [1.29, 1.82) is 0 Å². The standard InChI is InChI=1S/C24H24ClN5O/c25-19-7-4-8-20(15-19)30-16-21(18-5-2-1-3-6-18)22-23(26-17-27-24(22)30)29-11-9-28(10-12-29)13-14-31/h1-8,15-17,31H,9-14H2/p+1. The van der Waals surface area contributed by atoms with Crippen LogP contribution in [-0.2, 0) is 0 Å². The van der Waals surface area contributed by atoms with Gasteiger partial charge in [0, 0.05) is 22.5 Å². The third-order valence-electron chi connectivity index (χ3n) is 5.97. The van der Waals surface area contributed by atoms with Gasteiger partial charge in [-0.15, -0.1) is 0 Å². The van der Waals surface area contributed by atoms with Crippen molar-refractivity contribution in [2.75, 3.05) is 44.2 Å². The second-order valence-electron chi connectivity index (χ2n) is 7.87. The van der Waals surface area contributed by atoms with E-state index >= 15 is 0 Å². The number of fused-ring (bicyclic) bond motifs is 1. The van der Waals surface area contributed by atoms with Crippen molar-refractivity contribution in [3.05, 3.63) is 72.1 Å². The molecular weight excluding hydrogens is 410 g/mol. The Labute approximate surface area is 186 Å². The van der Waals surface area contributed by atoms with Crippen LogP contribution in [0.25, 0.3) is 27.8 Å². The van der Waals surface area contributed by atoms with Crippen LogP contribution in [-0.4, -0.2) is 59.0 Å². The van der Waals surface area contributed by atoms with Crippen LogP contribution in [0.5, 0.6) is 0 Å². The molecule has 0 radical (unpaired) electrons. The summed E-state index contributed by atoms with van der Waals surface area (Å²) in [5, 5.41) is 11.0. The summed E-state index contributed by atoms with van der Waals surface area (Å²) >= 11 is 6.29. The minimum atomic E-state index is 0.230. The Kier molecular flexibility index (Phi) is 5.59. The SMILES string of the molecule is OCC[NH+]1CCN(c2ncnc3c2c(-c2ccccc2)cn3-c2cccc(Cl)c2)CC1. The smallest absolute Gasteiger partial charge is 0.150 e. The number of nitrogens with zero attached hydrogens (tertiary/aromatic N) is 4. The predicted octanol–water partition coefficient (Wildman–Crippen LogP) is 2.44. The molecule has 1 aliphatic heterocycles. The molecule has 4 aromatic rings. The van der Waals surface area contributed by atoms with Gasteiger partial charge in [0.05, 0.1) is 38.2 Å². The van der Waals surface area contributed by atoms with Gasteiger partial charge in [0.15, 0.2) is 5.65 Å². The zero-order chi connectivity index (χ0) is 21.2. The van der Waals surface area contributed by atoms with Crippen molar-refractivity contribution in [3.8, 4) is 16.8 Å². The molecule has 7 heteroatoms. The topological polar surface area (TPSA) is 58.6 Å². The average Bonchev–Trinajstić information content (AvgIpc) is 3.20. The lowest BCUT2D eigenvalue weighted by atomic mass is 10.1. The molecule has 31 heavy (non-hydrogen) atoms. The number of piperazine rings is 1. The van der Waals surface area contributed by atoms with Crippen LogP contribution in [0.15, 0.2) is 67.1 Å². The molecule has 0 saturated carbocycles. The van der Waals surface area contributed by atoms with Gasteiger partial charge in [0.25, 0.3) is 0 Å². The first-order chi connectivity index (χ1) is 15.2. The first-order valence-electron chi connectivity index (χ1n) is 10.6. The van der Waals surface area contributed by atoms with Crippen LogP contribution >= 0.6 is 11.6 Å². The number of aliphatic hydroxyl groups excluding tert-OH is 1. The predicted molar refractivity (Wildman–Crippen MR) is 124 cm³/mol. The summed E-state index contributed by atoms with van der Waals surface area (Å²) in [7, 11) is 0. The number of halogens is 1. The summed E-state index contributed by atoms with van der Waals surface area (Å²) in [6.45, 7) is 4.81. The Bertz CT molecular complexity index is 1190. The van der Waals surface area contributed by atoms with E-state index in [4.69, 9.17) is 16.6 Å². The van der Waals surface area contributed by atoms with E-state index < -0.39 is 0 Å². The number of rotatable bonds is 5. The summed E-state index contributed by atoms with van der Waals surface area (Å²) in [4.78, 5) is 13.2. The van der Waals surface area contributed by atoms with Gasteiger partial charge in [-0.3, -0.25) is 0 Å². The first kappa shape index (κ1) is 20.0. The highest BCUT2D eigenvalue weighted by molar-refractivity contribution is 6.30. The van der Waals surface area contributed by atoms with E-state index in [1.165, 1.54) is 4.90 Å². The zero-order valence-corrected chi connectivity index (χ0v) is 18.0. The number of benzene rings is 2. The number of nitrogens with one attached hydrogen (secondary N) is 1. The van der Waals surface area contributed by atoms with E-state index in [1.807, 2.05) is 30.3 Å². The summed E-state index contributed by atoms with van der Waals surface area (Å²) in [6.07, 6.45) is 3.79. The third-order valence-corrected chi connectivity index (χ3v) is 6.20. The third kappa shape index (κ3) is 3.90. The van der Waals surface area contributed by atoms with Gasteiger partial charge in [-0.25, -0.2) is 9.97 Å². The van der Waals surface area contributed by atoms with Crippen LogP contribution in [0, 0.1) is 0 Å². The molecule has 0 aliphatic carbocycles. The van der Waals surface area contributed by atoms with Gasteiger partial charge < -0.3 is 19.5 Å². The Hall–Kier alpha value is -2.93. The number of aromatic nitrogens is 3. The highest BCUT2D eigenvalue weighted by Crippen LogP contribution is 2.36. The average molecular weight is 435 g/mol. The lowest BCUT2D eigenvalue weighted by molar-refractivity contribution is -0.900. The fourth-order valence-corrected chi connectivity index (χ4v) is 4.57. The van der Waals surface area contributed by atoms with Gasteiger partial charge in [-0.05, 0) is 23.8 Å². The summed E-state index contributed by atoms with van der Waals surface area (Å²) in [5.74, 6) is 0.965. The molecule has 0 spiro atoms. The second kappa shape index (κ2) is 8.67. The first-order valence-corrected chi connectivity index (χ1v) is 11.0. The number of hydrogen-bond donors (Lipinski definition) is 2. The van der Waals surface area contributed by atoms with Crippen LogP contribution in [0.2, 0.25) is 5.02 Å². The van der Waals surface area contributed by atoms with Gasteiger partial charge >= 0.3 is 0 Å². The number of hydrogen-bond acceptors (Lipinski definition) is 4. The van der Waals surface area contributed by atoms with Crippen LogP contribution in [0.3, 0.4) is 0 Å². The monoisotopic (exact) mass is 434 g/mol. The van der Waals surface area contributed by atoms with Crippen LogP contribution < -0.4 is 9.80 Å². The normalized spacial score (nSPS) is 15.0. The van der Waals surface area contributed by atoms with Gasteiger partial charge in [0.1, 0.15) is 18.7 Å². The van der Waals surface area contributed by atoms with Crippen molar-refractivity contribution < 1.29 is 10.0 Å². The molecule has 5 rings (SSSR count). The van der Waals surface area contributed by atoms with E-state index in [2.05, 4.69) is 44.9 Å². The largest absolute Gasteiger partial charge is 0.391 e.